The number of rotatable bonds is 13. The molecule has 0 bridgehead atoms. The number of halogens is 1. The van der Waals surface area contributed by atoms with Crippen LogP contribution in [0.4, 0.5) is 9.59 Å². The molecule has 1 saturated heterocycles. The highest BCUT2D eigenvalue weighted by atomic mass is 79.9. The van der Waals surface area contributed by atoms with E-state index >= 15 is 0 Å². The smallest absolute Gasteiger partial charge is 0.414 e. The van der Waals surface area contributed by atoms with Crippen LogP contribution >= 0.6 is 28.0 Å². The van der Waals surface area contributed by atoms with Crippen LogP contribution < -0.4 is 10.6 Å². The molecular formula is C39H56BrN3O9S. The minimum atomic E-state index is -1.00. The molecule has 2 aliphatic carbocycles. The zero-order valence-corrected chi connectivity index (χ0v) is 34.5. The number of esters is 1. The number of likely N-dealkylation sites (tertiary alicyclic amines) is 1. The van der Waals surface area contributed by atoms with Crippen LogP contribution in [0, 0.1) is 23.7 Å². The van der Waals surface area contributed by atoms with Crippen LogP contribution in [0.15, 0.2) is 58.4 Å². The van der Waals surface area contributed by atoms with Gasteiger partial charge in [0, 0.05) is 34.4 Å². The van der Waals surface area contributed by atoms with Crippen molar-refractivity contribution in [2.24, 2.45) is 23.7 Å². The number of alkyl carbamates (subject to hydrolysis) is 2. The molecule has 3 fully saturated rings. The summed E-state index contributed by atoms with van der Waals surface area (Å²) >= 11 is 4.57. The van der Waals surface area contributed by atoms with Gasteiger partial charge in [0.05, 0.1) is 19.1 Å². The first-order valence-corrected chi connectivity index (χ1v) is 19.7. The molecule has 14 heteroatoms. The normalized spacial score (nSPS) is 23.9. The van der Waals surface area contributed by atoms with Gasteiger partial charge in [0.2, 0.25) is 5.91 Å². The molecule has 0 radical (unpaired) electrons. The molecule has 7 atom stereocenters. The molecule has 12 nitrogen and oxygen atoms in total. The van der Waals surface area contributed by atoms with Gasteiger partial charge in [-0.05, 0) is 116 Å². The largest absolute Gasteiger partial charge is 0.469 e. The van der Waals surface area contributed by atoms with Gasteiger partial charge in [-0.3, -0.25) is 19.7 Å². The molecule has 3 aliphatic rings. The van der Waals surface area contributed by atoms with Crippen molar-refractivity contribution >= 4 is 57.9 Å². The number of nitrogens with zero attached hydrogens (tertiary/aromatic N) is 1. The van der Waals surface area contributed by atoms with Crippen LogP contribution in [-0.2, 0) is 32.8 Å². The summed E-state index contributed by atoms with van der Waals surface area (Å²) in [6.07, 6.45) is 8.56. The average Bonchev–Trinajstić information content (AvgIpc) is 3.98. The molecular weight excluding hydrogens is 766 g/mol. The Morgan fingerprint density at radius 1 is 0.981 bits per heavy atom. The zero-order valence-electron chi connectivity index (χ0n) is 32.1. The standard InChI is InChI=1S/C32H46BrN3O7S.C7H10O2/c1-8-9-10-11-12-20-17-24(20)26(34-29(39)41-31(2,3)4)28(38)36-19-22(43-44-23-15-13-21(33)14-16-23)18-25(36)27(37)35-30(40)42-32(5,6)7;1-3-5-4-6(5)7(8)9-2/h9-10,13-16,20,22,24-26H,8,11-12,17-19H2,1-7H3,(H,34,39)(H,35,37,40);3,5-6H,1,4H2,2H3/b10-9-;/t20?,22?,24?,25?,26-;/m0./s1. The lowest BCUT2D eigenvalue weighted by Crippen LogP contribution is -2.55. The molecule has 2 N–H and O–H groups in total. The SMILES string of the molecule is C=CC1CC1C(=O)OC.CC/C=C\CCC1CC1[C@H](NC(=O)OC(C)(C)C)C(=O)N1CC(OSc2ccc(Br)cc2)CC1C(=O)NC(=O)OC(C)(C)C. The Labute approximate surface area is 326 Å². The van der Waals surface area contributed by atoms with E-state index in [-0.39, 0.29) is 36.7 Å². The van der Waals surface area contributed by atoms with E-state index in [1.165, 1.54) is 12.0 Å². The van der Waals surface area contributed by atoms with Gasteiger partial charge in [0.1, 0.15) is 23.3 Å². The van der Waals surface area contributed by atoms with E-state index in [4.69, 9.17) is 13.7 Å². The highest BCUT2D eigenvalue weighted by Crippen LogP contribution is 2.46. The second-order valence-corrected chi connectivity index (χ2v) is 17.2. The minimum Gasteiger partial charge on any atom is -0.469 e. The van der Waals surface area contributed by atoms with Crippen LogP contribution in [0.1, 0.15) is 87.0 Å². The molecule has 53 heavy (non-hydrogen) atoms. The summed E-state index contributed by atoms with van der Waals surface area (Å²) in [6, 6.07) is 5.68. The van der Waals surface area contributed by atoms with Crippen molar-refractivity contribution in [3.8, 4) is 0 Å². The number of hydrogen-bond donors (Lipinski definition) is 2. The predicted molar refractivity (Wildman–Crippen MR) is 207 cm³/mol. The maximum absolute atomic E-state index is 14.2. The lowest BCUT2D eigenvalue weighted by atomic mass is 10.1. The number of imide groups is 1. The number of amides is 4. The first-order valence-electron chi connectivity index (χ1n) is 18.1. The first-order chi connectivity index (χ1) is 24.8. The summed E-state index contributed by atoms with van der Waals surface area (Å²) in [7, 11) is 1.42. The molecule has 1 aliphatic heterocycles. The molecule has 4 amide bonds. The van der Waals surface area contributed by atoms with Gasteiger partial charge in [-0.25, -0.2) is 9.59 Å². The number of benzene rings is 1. The van der Waals surface area contributed by atoms with Gasteiger partial charge in [0.15, 0.2) is 0 Å². The number of nitrogens with one attached hydrogen (secondary N) is 2. The highest BCUT2D eigenvalue weighted by Gasteiger charge is 2.51. The third-order valence-electron chi connectivity index (χ3n) is 8.66. The number of carbonyl (C=O) groups is 5. The topological polar surface area (TPSA) is 150 Å². The van der Waals surface area contributed by atoms with Gasteiger partial charge in [0.25, 0.3) is 5.91 Å². The second-order valence-electron chi connectivity index (χ2n) is 15.5. The van der Waals surface area contributed by atoms with E-state index < -0.39 is 53.4 Å². The van der Waals surface area contributed by atoms with Crippen LogP contribution in [0.5, 0.6) is 0 Å². The van der Waals surface area contributed by atoms with Crippen LogP contribution in [-0.4, -0.2) is 77.9 Å². The lowest BCUT2D eigenvalue weighted by molar-refractivity contribution is -0.142. The van der Waals surface area contributed by atoms with Crippen molar-refractivity contribution in [2.45, 2.75) is 121 Å². The number of ether oxygens (including phenoxy) is 3. The summed E-state index contributed by atoms with van der Waals surface area (Å²) in [4.78, 5) is 65.9. The maximum atomic E-state index is 14.2. The zero-order chi connectivity index (χ0) is 39.5. The summed E-state index contributed by atoms with van der Waals surface area (Å²) in [5.74, 6) is -0.518. The van der Waals surface area contributed by atoms with Crippen molar-refractivity contribution in [3.05, 3.63) is 53.5 Å². The van der Waals surface area contributed by atoms with Crippen LogP contribution in [0.25, 0.3) is 0 Å². The van der Waals surface area contributed by atoms with Gasteiger partial charge >= 0.3 is 18.2 Å². The quantitative estimate of drug-likeness (QED) is 0.0876. The van der Waals surface area contributed by atoms with Gasteiger partial charge in [-0.1, -0.05) is 41.1 Å². The van der Waals surface area contributed by atoms with E-state index in [2.05, 4.69) is 57.0 Å². The van der Waals surface area contributed by atoms with E-state index in [9.17, 15) is 24.0 Å². The fourth-order valence-electron chi connectivity index (χ4n) is 5.93. The maximum Gasteiger partial charge on any atom is 0.414 e. The highest BCUT2D eigenvalue weighted by molar-refractivity contribution is 9.10. The van der Waals surface area contributed by atoms with Crippen molar-refractivity contribution in [1.82, 2.24) is 15.5 Å². The number of methoxy groups -OCH3 is 1. The van der Waals surface area contributed by atoms with Crippen LogP contribution in [0.3, 0.4) is 0 Å². The molecule has 6 unspecified atom stereocenters. The van der Waals surface area contributed by atoms with Gasteiger partial charge in [-0.2, -0.15) is 0 Å². The molecule has 294 valence electrons. The fourth-order valence-corrected chi connectivity index (χ4v) is 6.83. The van der Waals surface area contributed by atoms with Crippen LogP contribution in [0.2, 0.25) is 0 Å². The minimum absolute atomic E-state index is 0.0973. The Kier molecular flexibility index (Phi) is 16.5. The number of allylic oxidation sites excluding steroid dienone is 3. The van der Waals surface area contributed by atoms with E-state index in [1.807, 2.05) is 30.3 Å². The predicted octanol–water partition coefficient (Wildman–Crippen LogP) is 7.75. The molecule has 1 heterocycles. The Balaban J connectivity index is 0.000000731. The monoisotopic (exact) mass is 821 g/mol. The van der Waals surface area contributed by atoms with E-state index in [1.54, 1.807) is 41.5 Å². The van der Waals surface area contributed by atoms with E-state index in [0.29, 0.717) is 5.92 Å². The Bertz CT molecular complexity index is 1470. The first kappa shape index (κ1) is 44.0. The Morgan fingerprint density at radius 2 is 1.62 bits per heavy atom. The molecule has 1 aromatic carbocycles. The van der Waals surface area contributed by atoms with Crippen molar-refractivity contribution in [1.29, 1.82) is 0 Å². The molecule has 0 spiro atoms. The molecule has 4 rings (SSSR count). The molecule has 1 aromatic rings. The third kappa shape index (κ3) is 15.1. The van der Waals surface area contributed by atoms with Crippen molar-refractivity contribution in [2.75, 3.05) is 13.7 Å². The lowest BCUT2D eigenvalue weighted by Gasteiger charge is -2.30. The van der Waals surface area contributed by atoms with Gasteiger partial charge < -0.3 is 28.6 Å². The van der Waals surface area contributed by atoms with Gasteiger partial charge in [-0.15, -0.1) is 6.58 Å². The fraction of sp³-hybridized carbons (Fsp3) is 0.615. The second kappa shape index (κ2) is 19.8. The van der Waals surface area contributed by atoms with E-state index in [0.717, 1.165) is 53.5 Å². The summed E-state index contributed by atoms with van der Waals surface area (Å²) in [5.41, 5.74) is -1.56. The summed E-state index contributed by atoms with van der Waals surface area (Å²) < 4.78 is 22.3. The summed E-state index contributed by atoms with van der Waals surface area (Å²) in [6.45, 7) is 16.1. The number of carbonyl (C=O) groups excluding carboxylic acids is 5. The Morgan fingerprint density at radius 3 is 2.19 bits per heavy atom. The molecule has 0 aromatic heterocycles. The summed E-state index contributed by atoms with van der Waals surface area (Å²) in [5, 5.41) is 5.10. The average molecular weight is 823 g/mol. The Hall–Kier alpha value is -3.36. The third-order valence-corrected chi connectivity index (χ3v) is 10.0. The van der Waals surface area contributed by atoms with Crippen molar-refractivity contribution in [3.63, 3.8) is 0 Å². The number of hydrogen-bond acceptors (Lipinski definition) is 10. The van der Waals surface area contributed by atoms with Crippen molar-refractivity contribution < 1.29 is 42.4 Å². The molecule has 2 saturated carbocycles.